The zero-order chi connectivity index (χ0) is 25.8. The minimum Gasteiger partial charge on any atom is -0.478 e. The Morgan fingerprint density at radius 2 is 1.42 bits per heavy atom. The Labute approximate surface area is 189 Å². The molecule has 0 fully saturated rings. The van der Waals surface area contributed by atoms with Crippen molar-refractivity contribution < 1.29 is 41.4 Å². The Balaban J connectivity index is 0.000000675. The van der Waals surface area contributed by atoms with Gasteiger partial charge in [-0.05, 0) is 41.3 Å². The van der Waals surface area contributed by atoms with Gasteiger partial charge in [-0.1, -0.05) is 32.9 Å². The summed E-state index contributed by atoms with van der Waals surface area (Å²) < 4.78 is 59.4. The number of anilines is 2. The first-order chi connectivity index (χ1) is 14.9. The number of carbonyl (C=O) groups is 2. The number of nitrogens with zero attached hydrogens (tertiary/aromatic N) is 1. The first-order valence-electron chi connectivity index (χ1n) is 9.34. The molecule has 0 radical (unpaired) electrons. The van der Waals surface area contributed by atoms with Crippen LogP contribution in [0.5, 0.6) is 0 Å². The lowest BCUT2D eigenvalue weighted by Gasteiger charge is -2.19. The third-order valence-electron chi connectivity index (χ3n) is 4.23. The van der Waals surface area contributed by atoms with E-state index in [-0.39, 0.29) is 21.6 Å². The second kappa shape index (κ2) is 10.1. The topological polar surface area (TPSA) is 124 Å². The minimum absolute atomic E-state index is 0.0262. The summed E-state index contributed by atoms with van der Waals surface area (Å²) in [5, 5.41) is 16.5. The number of carboxylic acids is 2. The van der Waals surface area contributed by atoms with E-state index in [0.29, 0.717) is 5.69 Å². The number of alkyl halides is 3. The van der Waals surface area contributed by atoms with Crippen molar-refractivity contribution in [2.24, 2.45) is 0 Å². The number of sulfonamides is 1. The predicted molar refractivity (Wildman–Crippen MR) is 117 cm³/mol. The highest BCUT2D eigenvalue weighted by Crippen LogP contribution is 2.26. The number of aromatic carboxylic acids is 1. The summed E-state index contributed by atoms with van der Waals surface area (Å²) in [4.78, 5) is 22.1. The Kier molecular flexibility index (Phi) is 8.50. The Hall–Kier alpha value is -3.28. The van der Waals surface area contributed by atoms with Gasteiger partial charge in [0.1, 0.15) is 0 Å². The fourth-order valence-corrected chi connectivity index (χ4v) is 3.56. The van der Waals surface area contributed by atoms with Crippen LogP contribution in [0.4, 0.5) is 24.5 Å². The lowest BCUT2D eigenvalue weighted by atomic mass is 9.87. The second-order valence-corrected chi connectivity index (χ2v) is 9.80. The van der Waals surface area contributed by atoms with E-state index in [1.807, 2.05) is 0 Å². The van der Waals surface area contributed by atoms with Crippen LogP contribution in [0.25, 0.3) is 0 Å². The highest BCUT2D eigenvalue weighted by Gasteiger charge is 2.38. The van der Waals surface area contributed by atoms with Crippen LogP contribution in [-0.4, -0.2) is 50.8 Å². The summed E-state index contributed by atoms with van der Waals surface area (Å²) in [5.41, 5.74) is 1.68. The van der Waals surface area contributed by atoms with Gasteiger partial charge < -0.3 is 15.1 Å². The minimum atomic E-state index is -5.08. The first kappa shape index (κ1) is 27.8. The molecule has 0 aliphatic heterocycles. The molecular weight excluding hydrogens is 465 g/mol. The van der Waals surface area contributed by atoms with Gasteiger partial charge in [0.15, 0.2) is 0 Å². The highest BCUT2D eigenvalue weighted by molar-refractivity contribution is 7.92. The molecule has 0 bridgehead atoms. The van der Waals surface area contributed by atoms with Crippen LogP contribution in [0.15, 0.2) is 47.4 Å². The van der Waals surface area contributed by atoms with Crippen LogP contribution < -0.4 is 9.62 Å². The fourth-order valence-electron chi connectivity index (χ4n) is 2.51. The number of rotatable bonds is 5. The van der Waals surface area contributed by atoms with Gasteiger partial charge >= 0.3 is 18.1 Å². The molecule has 0 atom stereocenters. The number of aliphatic carboxylic acids is 1. The van der Waals surface area contributed by atoms with Crippen molar-refractivity contribution in [3.63, 3.8) is 0 Å². The molecule has 8 nitrogen and oxygen atoms in total. The van der Waals surface area contributed by atoms with Gasteiger partial charge in [0.2, 0.25) is 0 Å². The number of benzene rings is 2. The van der Waals surface area contributed by atoms with Crippen molar-refractivity contribution in [2.45, 2.75) is 37.3 Å². The number of hydrogen-bond acceptors (Lipinski definition) is 5. The maximum atomic E-state index is 12.6. The molecule has 182 valence electrons. The van der Waals surface area contributed by atoms with Crippen LogP contribution in [0, 0.1) is 0 Å². The van der Waals surface area contributed by atoms with Gasteiger partial charge in [0.05, 0.1) is 16.1 Å². The Bertz CT molecular complexity index is 1110. The van der Waals surface area contributed by atoms with E-state index in [2.05, 4.69) is 25.5 Å². The van der Waals surface area contributed by atoms with E-state index in [1.165, 1.54) is 6.07 Å². The third kappa shape index (κ3) is 7.97. The Morgan fingerprint density at radius 3 is 1.79 bits per heavy atom. The SMILES string of the molecule is CN(C)c1ccc(NS(=O)(=O)c2ccc(C(C)(C)C)cc2)cc1C(=O)O.O=C(O)C(F)(F)F. The summed E-state index contributed by atoms with van der Waals surface area (Å²) in [6.45, 7) is 6.15. The lowest BCUT2D eigenvalue weighted by molar-refractivity contribution is -0.192. The number of hydrogen-bond donors (Lipinski definition) is 3. The van der Waals surface area contributed by atoms with Crippen LogP contribution in [-0.2, 0) is 20.2 Å². The van der Waals surface area contributed by atoms with Crippen LogP contribution >= 0.6 is 0 Å². The van der Waals surface area contributed by atoms with E-state index < -0.39 is 28.1 Å². The highest BCUT2D eigenvalue weighted by atomic mass is 32.2. The van der Waals surface area contributed by atoms with E-state index in [0.717, 1.165) is 5.56 Å². The molecule has 12 heteroatoms. The molecule has 2 aromatic carbocycles. The molecule has 33 heavy (non-hydrogen) atoms. The van der Waals surface area contributed by atoms with Gasteiger partial charge in [-0.25, -0.2) is 18.0 Å². The molecule has 2 aromatic rings. The van der Waals surface area contributed by atoms with Crippen LogP contribution in [0.3, 0.4) is 0 Å². The maximum absolute atomic E-state index is 12.6. The van der Waals surface area contributed by atoms with Crippen molar-refractivity contribution >= 4 is 33.3 Å². The largest absolute Gasteiger partial charge is 0.490 e. The van der Waals surface area contributed by atoms with Gasteiger partial charge in [-0.3, -0.25) is 4.72 Å². The van der Waals surface area contributed by atoms with E-state index >= 15 is 0 Å². The second-order valence-electron chi connectivity index (χ2n) is 8.11. The summed E-state index contributed by atoms with van der Waals surface area (Å²) in [6, 6.07) is 11.1. The zero-order valence-corrected chi connectivity index (χ0v) is 19.4. The van der Waals surface area contributed by atoms with Crippen molar-refractivity contribution in [3.05, 3.63) is 53.6 Å². The molecule has 0 saturated heterocycles. The standard InChI is InChI=1S/C19H24N2O4S.C2HF3O2/c1-19(2,3)13-6-9-15(10-7-13)26(24,25)20-14-8-11-17(21(4)5)16(12-14)18(22)23;3-2(4,5)1(6)7/h6-12,20H,1-5H3,(H,22,23);(H,6,7). The lowest BCUT2D eigenvalue weighted by Crippen LogP contribution is -2.21. The van der Waals surface area contributed by atoms with Crippen molar-refractivity contribution in [2.75, 3.05) is 23.7 Å². The number of halogens is 3. The zero-order valence-electron chi connectivity index (χ0n) is 18.6. The number of carboxylic acid groups (broad SMARTS) is 2. The molecule has 0 spiro atoms. The summed E-state index contributed by atoms with van der Waals surface area (Å²) in [6.07, 6.45) is -5.08. The normalized spacial score (nSPS) is 11.8. The molecule has 0 unspecified atom stereocenters. The summed E-state index contributed by atoms with van der Waals surface area (Å²) in [7, 11) is -0.358. The number of nitrogens with one attached hydrogen (secondary N) is 1. The van der Waals surface area contributed by atoms with E-state index in [1.54, 1.807) is 55.4 Å². The quantitative estimate of drug-likeness (QED) is 0.574. The van der Waals surface area contributed by atoms with E-state index in [4.69, 9.17) is 9.90 Å². The molecule has 0 saturated carbocycles. The molecule has 3 N–H and O–H groups in total. The van der Waals surface area contributed by atoms with Crippen molar-refractivity contribution in [1.82, 2.24) is 0 Å². The van der Waals surface area contributed by atoms with Crippen molar-refractivity contribution in [1.29, 1.82) is 0 Å². The molecule has 0 aliphatic rings. The van der Waals surface area contributed by atoms with Gasteiger partial charge in [0.25, 0.3) is 10.0 Å². The smallest absolute Gasteiger partial charge is 0.478 e. The third-order valence-corrected chi connectivity index (χ3v) is 5.63. The van der Waals surface area contributed by atoms with Crippen LogP contribution in [0.2, 0.25) is 0 Å². The molecule has 0 amide bonds. The van der Waals surface area contributed by atoms with Crippen LogP contribution in [0.1, 0.15) is 36.7 Å². The monoisotopic (exact) mass is 490 g/mol. The molecule has 2 rings (SSSR count). The molecule has 0 aromatic heterocycles. The summed E-state index contributed by atoms with van der Waals surface area (Å²) in [5.74, 6) is -3.88. The molecule has 0 heterocycles. The van der Waals surface area contributed by atoms with Gasteiger partial charge in [-0.15, -0.1) is 0 Å². The fraction of sp³-hybridized carbons (Fsp3) is 0.333. The predicted octanol–water partition coefficient (Wildman–Crippen LogP) is 4.18. The molecule has 0 aliphatic carbocycles. The van der Waals surface area contributed by atoms with Gasteiger partial charge in [-0.2, -0.15) is 13.2 Å². The maximum Gasteiger partial charge on any atom is 0.490 e. The average molecular weight is 491 g/mol. The summed E-state index contributed by atoms with van der Waals surface area (Å²) >= 11 is 0. The van der Waals surface area contributed by atoms with E-state index in [9.17, 15) is 31.5 Å². The first-order valence-corrected chi connectivity index (χ1v) is 10.8. The Morgan fingerprint density at radius 1 is 0.939 bits per heavy atom. The average Bonchev–Trinajstić information content (AvgIpc) is 2.66. The van der Waals surface area contributed by atoms with Gasteiger partial charge in [0, 0.05) is 19.8 Å². The molecular formula is C21H25F3N2O6S. The van der Waals surface area contributed by atoms with Crippen molar-refractivity contribution in [3.8, 4) is 0 Å².